The van der Waals surface area contributed by atoms with Crippen molar-refractivity contribution in [3.05, 3.63) is 77.1 Å². The molecule has 0 radical (unpaired) electrons. The van der Waals surface area contributed by atoms with Crippen molar-refractivity contribution in [2.45, 2.75) is 19.9 Å². The summed E-state index contributed by atoms with van der Waals surface area (Å²) < 4.78 is 2.08. The highest BCUT2D eigenvalue weighted by Crippen LogP contribution is 2.21. The van der Waals surface area contributed by atoms with E-state index in [-0.39, 0.29) is 12.3 Å². The topological polar surface area (TPSA) is 88.5 Å². The van der Waals surface area contributed by atoms with Gasteiger partial charge in [-0.05, 0) is 47.9 Å². The first-order valence-electron chi connectivity index (χ1n) is 9.25. The lowest BCUT2D eigenvalue weighted by molar-refractivity contribution is -0.115. The molecule has 2 aromatic heterocycles. The molecule has 0 saturated heterocycles. The third-order valence-electron chi connectivity index (χ3n) is 4.83. The van der Waals surface area contributed by atoms with Gasteiger partial charge in [-0.2, -0.15) is 15.2 Å². The second-order valence-electron chi connectivity index (χ2n) is 7.07. The molecule has 144 valence electrons. The monoisotopic (exact) mass is 384 g/mol. The van der Waals surface area contributed by atoms with Gasteiger partial charge in [0.1, 0.15) is 0 Å². The Hall–Kier alpha value is -3.92. The number of anilines is 1. The number of aryl methyl sites for hydroxylation is 2. The summed E-state index contributed by atoms with van der Waals surface area (Å²) in [6, 6.07) is 15.4. The number of rotatable bonds is 5. The third kappa shape index (κ3) is 4.01. The number of hydrogen-bond donors (Lipinski definition) is 1. The summed E-state index contributed by atoms with van der Waals surface area (Å²) in [5.74, 6) is 0.281. The van der Waals surface area contributed by atoms with Crippen LogP contribution in [0.25, 0.3) is 10.9 Å². The fourth-order valence-electron chi connectivity index (χ4n) is 3.40. The molecule has 29 heavy (non-hydrogen) atoms. The van der Waals surface area contributed by atoms with E-state index in [2.05, 4.69) is 45.3 Å². The number of nitrogens with zero attached hydrogens (tertiary/aromatic N) is 5. The molecule has 0 saturated carbocycles. The van der Waals surface area contributed by atoms with Crippen molar-refractivity contribution in [1.82, 2.24) is 19.6 Å². The number of aromatic nitrogens is 4. The van der Waals surface area contributed by atoms with E-state index < -0.39 is 0 Å². The Morgan fingerprint density at radius 1 is 1.17 bits per heavy atom. The Kier molecular flexibility index (Phi) is 4.83. The zero-order valence-corrected chi connectivity index (χ0v) is 16.3. The predicted molar refractivity (Wildman–Crippen MR) is 110 cm³/mol. The maximum atomic E-state index is 12.4. The van der Waals surface area contributed by atoms with E-state index in [0.717, 1.165) is 22.0 Å². The zero-order chi connectivity index (χ0) is 20.4. The molecule has 1 N–H and O–H groups in total. The van der Waals surface area contributed by atoms with E-state index in [1.165, 1.54) is 16.6 Å². The number of fused-ring (bicyclic) bond motifs is 1. The molecule has 4 rings (SSSR count). The van der Waals surface area contributed by atoms with Gasteiger partial charge in [0, 0.05) is 24.1 Å². The van der Waals surface area contributed by atoms with Gasteiger partial charge in [-0.15, -0.1) is 5.10 Å². The Labute approximate surface area is 168 Å². The number of nitrogens with one attached hydrogen (secondary N) is 1. The van der Waals surface area contributed by atoms with Crippen LogP contribution in [0.5, 0.6) is 0 Å². The largest absolute Gasteiger partial charge is 0.350 e. The number of carbonyl (C=O) groups is 1. The molecular weight excluding hydrogens is 364 g/mol. The molecule has 7 heteroatoms. The van der Waals surface area contributed by atoms with Gasteiger partial charge in [0.05, 0.1) is 30.8 Å². The van der Waals surface area contributed by atoms with E-state index in [0.29, 0.717) is 17.9 Å². The Bertz CT molecular complexity index is 1230. The van der Waals surface area contributed by atoms with Crippen molar-refractivity contribution in [2.24, 2.45) is 7.05 Å². The van der Waals surface area contributed by atoms with Crippen LogP contribution in [0.3, 0.4) is 0 Å². The molecule has 0 atom stereocenters. The summed E-state index contributed by atoms with van der Waals surface area (Å²) in [4.78, 5) is 13.9. The lowest BCUT2D eigenvalue weighted by Gasteiger charge is -2.04. The quantitative estimate of drug-likeness (QED) is 0.572. The van der Waals surface area contributed by atoms with Crippen molar-refractivity contribution in [2.75, 3.05) is 5.32 Å². The zero-order valence-electron chi connectivity index (χ0n) is 16.3. The molecule has 0 fully saturated rings. The second-order valence-corrected chi connectivity index (χ2v) is 7.07. The minimum atomic E-state index is -0.136. The van der Waals surface area contributed by atoms with Crippen LogP contribution >= 0.6 is 0 Å². The van der Waals surface area contributed by atoms with Crippen molar-refractivity contribution in [3.63, 3.8) is 0 Å². The Morgan fingerprint density at radius 3 is 2.69 bits per heavy atom. The molecule has 0 spiro atoms. The first-order chi connectivity index (χ1) is 14.0. The fraction of sp³-hybridized carbons (Fsp3) is 0.182. The molecule has 0 bridgehead atoms. The second kappa shape index (κ2) is 7.60. The fourth-order valence-corrected chi connectivity index (χ4v) is 3.40. The average Bonchev–Trinajstić information content (AvgIpc) is 3.26. The first-order valence-corrected chi connectivity index (χ1v) is 9.25. The molecule has 2 aromatic carbocycles. The smallest absolute Gasteiger partial charge is 0.230 e. The molecule has 0 aliphatic heterocycles. The standard InChI is InChI=1S/C22H20N6O/c1-15-13-27(2)20-8-7-18(9-19(15)20)10-22(29)25-21-12-24-28(26-21)14-17-5-3-16(11-23)4-6-17/h3-9,12-13H,10,14H2,1-2H3,(H,25,26,29). The molecule has 0 aliphatic carbocycles. The molecule has 7 nitrogen and oxygen atoms in total. The third-order valence-corrected chi connectivity index (χ3v) is 4.83. The summed E-state index contributed by atoms with van der Waals surface area (Å²) in [5.41, 5.74) is 4.88. The highest BCUT2D eigenvalue weighted by atomic mass is 16.1. The molecule has 4 aromatic rings. The summed E-state index contributed by atoms with van der Waals surface area (Å²) in [6.07, 6.45) is 3.89. The van der Waals surface area contributed by atoms with Gasteiger partial charge < -0.3 is 9.88 Å². The van der Waals surface area contributed by atoms with Crippen LogP contribution in [-0.4, -0.2) is 25.5 Å². The maximum Gasteiger partial charge on any atom is 0.230 e. The maximum absolute atomic E-state index is 12.4. The van der Waals surface area contributed by atoms with Gasteiger partial charge in [0.15, 0.2) is 5.82 Å². The number of carbonyl (C=O) groups excluding carboxylic acids is 1. The van der Waals surface area contributed by atoms with Crippen LogP contribution in [0.4, 0.5) is 5.82 Å². The van der Waals surface area contributed by atoms with E-state index in [4.69, 9.17) is 5.26 Å². The number of hydrogen-bond acceptors (Lipinski definition) is 4. The van der Waals surface area contributed by atoms with Crippen molar-refractivity contribution in [3.8, 4) is 6.07 Å². The molecule has 0 unspecified atom stereocenters. The lowest BCUT2D eigenvalue weighted by Crippen LogP contribution is -2.15. The van der Waals surface area contributed by atoms with Crippen molar-refractivity contribution >= 4 is 22.6 Å². The summed E-state index contributed by atoms with van der Waals surface area (Å²) >= 11 is 0. The van der Waals surface area contributed by atoms with Crippen LogP contribution < -0.4 is 5.32 Å². The molecule has 1 amide bonds. The van der Waals surface area contributed by atoms with Crippen LogP contribution in [0, 0.1) is 18.3 Å². The highest BCUT2D eigenvalue weighted by Gasteiger charge is 2.10. The van der Waals surface area contributed by atoms with E-state index >= 15 is 0 Å². The van der Waals surface area contributed by atoms with Gasteiger partial charge in [-0.3, -0.25) is 4.79 Å². The highest BCUT2D eigenvalue weighted by molar-refractivity contribution is 5.92. The average molecular weight is 384 g/mol. The summed E-state index contributed by atoms with van der Waals surface area (Å²) in [7, 11) is 2.02. The van der Waals surface area contributed by atoms with E-state index in [9.17, 15) is 4.79 Å². The number of benzene rings is 2. The number of nitriles is 1. The first kappa shape index (κ1) is 18.4. The van der Waals surface area contributed by atoms with Crippen LogP contribution in [0.15, 0.2) is 54.9 Å². The Balaban J connectivity index is 1.40. The Morgan fingerprint density at radius 2 is 1.93 bits per heavy atom. The van der Waals surface area contributed by atoms with Crippen molar-refractivity contribution in [1.29, 1.82) is 5.26 Å². The lowest BCUT2D eigenvalue weighted by atomic mass is 10.1. The van der Waals surface area contributed by atoms with Gasteiger partial charge in [-0.1, -0.05) is 18.2 Å². The van der Waals surface area contributed by atoms with Crippen LogP contribution in [0.1, 0.15) is 22.3 Å². The summed E-state index contributed by atoms with van der Waals surface area (Å²) in [5, 5.41) is 21.3. The minimum Gasteiger partial charge on any atom is -0.350 e. The predicted octanol–water partition coefficient (Wildman–Crippen LogP) is 3.18. The summed E-state index contributed by atoms with van der Waals surface area (Å²) in [6.45, 7) is 2.53. The van der Waals surface area contributed by atoms with Gasteiger partial charge in [-0.25, -0.2) is 0 Å². The van der Waals surface area contributed by atoms with E-state index in [1.54, 1.807) is 12.1 Å². The van der Waals surface area contributed by atoms with Gasteiger partial charge in [0.2, 0.25) is 5.91 Å². The molecular formula is C22H20N6O. The van der Waals surface area contributed by atoms with Gasteiger partial charge in [0.25, 0.3) is 0 Å². The van der Waals surface area contributed by atoms with Crippen molar-refractivity contribution < 1.29 is 4.79 Å². The normalized spacial score (nSPS) is 10.8. The van der Waals surface area contributed by atoms with Crippen LogP contribution in [0.2, 0.25) is 0 Å². The van der Waals surface area contributed by atoms with Gasteiger partial charge >= 0.3 is 0 Å². The SMILES string of the molecule is Cc1cn(C)c2ccc(CC(=O)Nc3cnn(Cc4ccc(C#N)cc4)n3)cc12. The number of amides is 1. The molecule has 0 aliphatic rings. The van der Waals surface area contributed by atoms with Crippen LogP contribution in [-0.2, 0) is 24.8 Å². The molecule has 2 heterocycles. The van der Waals surface area contributed by atoms with E-state index in [1.807, 2.05) is 31.3 Å². The minimum absolute atomic E-state index is 0.136.